The summed E-state index contributed by atoms with van der Waals surface area (Å²) in [5.74, 6) is 0.545. The molecule has 0 spiro atoms. The normalized spacial score (nSPS) is 12.7. The van der Waals surface area contributed by atoms with Gasteiger partial charge in [0.25, 0.3) is 0 Å². The summed E-state index contributed by atoms with van der Waals surface area (Å²) in [4.78, 5) is 4.09. The Bertz CT molecular complexity index is 519. The van der Waals surface area contributed by atoms with Crippen LogP contribution in [0.1, 0.15) is 24.4 Å². The Morgan fingerprint density at radius 3 is 2.71 bits per heavy atom. The quantitative estimate of drug-likeness (QED) is 0.883. The molecule has 17 heavy (non-hydrogen) atoms. The molecule has 1 heterocycles. The van der Waals surface area contributed by atoms with Crippen LogP contribution in [-0.4, -0.2) is 16.6 Å². The monoisotopic (exact) mass is 233 g/mol. The van der Waals surface area contributed by atoms with Crippen molar-refractivity contribution in [1.82, 2.24) is 14.9 Å². The van der Waals surface area contributed by atoms with Crippen LogP contribution in [0, 0.1) is 12.7 Å². The molecule has 3 nitrogen and oxygen atoms in total. The minimum absolute atomic E-state index is 0.141. The summed E-state index contributed by atoms with van der Waals surface area (Å²) in [6.45, 7) is 3.85. The highest BCUT2D eigenvalue weighted by atomic mass is 19.1. The van der Waals surface area contributed by atoms with E-state index in [1.54, 1.807) is 29.1 Å². The molecule has 0 saturated heterocycles. The topological polar surface area (TPSA) is 29.9 Å². The van der Waals surface area contributed by atoms with Gasteiger partial charge in [-0.1, -0.05) is 6.07 Å². The van der Waals surface area contributed by atoms with Crippen molar-refractivity contribution in [2.45, 2.75) is 19.9 Å². The van der Waals surface area contributed by atoms with Crippen LogP contribution in [0.15, 0.2) is 30.6 Å². The lowest BCUT2D eigenvalue weighted by molar-refractivity contribution is 0.600. The standard InChI is InChI=1S/C13H16FN3/c1-9(15-3)11-4-5-13(12(14)8-11)17-7-6-16-10(17)2/h4-9,15H,1-3H3. The number of rotatable bonds is 3. The van der Waals surface area contributed by atoms with Crippen molar-refractivity contribution in [2.24, 2.45) is 0 Å². The second-order valence-corrected chi connectivity index (χ2v) is 4.07. The largest absolute Gasteiger partial charge is 0.313 e. The number of aryl methyl sites for hydroxylation is 1. The molecule has 0 fully saturated rings. The van der Waals surface area contributed by atoms with Gasteiger partial charge in [0.2, 0.25) is 0 Å². The van der Waals surface area contributed by atoms with Gasteiger partial charge in [0.1, 0.15) is 11.6 Å². The number of imidazole rings is 1. The molecule has 0 amide bonds. The third-order valence-corrected chi connectivity index (χ3v) is 2.99. The Hall–Kier alpha value is -1.68. The summed E-state index contributed by atoms with van der Waals surface area (Å²) in [7, 11) is 1.86. The summed E-state index contributed by atoms with van der Waals surface area (Å²) in [5.41, 5.74) is 1.47. The molecule has 0 bridgehead atoms. The molecule has 0 aliphatic heterocycles. The molecule has 90 valence electrons. The molecule has 1 N–H and O–H groups in total. The van der Waals surface area contributed by atoms with Crippen LogP contribution in [-0.2, 0) is 0 Å². The van der Waals surface area contributed by atoms with Crippen LogP contribution in [0.25, 0.3) is 5.69 Å². The lowest BCUT2D eigenvalue weighted by Gasteiger charge is -2.13. The summed E-state index contributed by atoms with van der Waals surface area (Å²) in [6, 6.07) is 5.42. The second-order valence-electron chi connectivity index (χ2n) is 4.07. The van der Waals surface area contributed by atoms with Gasteiger partial charge in [-0.05, 0) is 38.6 Å². The van der Waals surface area contributed by atoms with E-state index in [4.69, 9.17) is 0 Å². The Morgan fingerprint density at radius 2 is 2.18 bits per heavy atom. The van der Waals surface area contributed by atoms with Gasteiger partial charge in [-0.2, -0.15) is 0 Å². The smallest absolute Gasteiger partial charge is 0.147 e. The third-order valence-electron chi connectivity index (χ3n) is 2.99. The second kappa shape index (κ2) is 4.67. The first-order valence-corrected chi connectivity index (χ1v) is 5.60. The molecule has 2 aromatic rings. The van der Waals surface area contributed by atoms with Crippen molar-refractivity contribution in [2.75, 3.05) is 7.05 Å². The highest BCUT2D eigenvalue weighted by Gasteiger charge is 2.10. The molecule has 1 atom stereocenters. The number of hydrogen-bond donors (Lipinski definition) is 1. The van der Waals surface area contributed by atoms with Crippen LogP contribution in [0.4, 0.5) is 4.39 Å². The van der Waals surface area contributed by atoms with E-state index in [2.05, 4.69) is 10.3 Å². The Kier molecular flexibility index (Phi) is 3.24. The van der Waals surface area contributed by atoms with E-state index < -0.39 is 0 Å². The SMILES string of the molecule is CNC(C)c1ccc(-n2ccnc2C)c(F)c1. The van der Waals surface area contributed by atoms with Crippen molar-refractivity contribution in [3.63, 3.8) is 0 Å². The average Bonchev–Trinajstić information content (AvgIpc) is 2.74. The first-order valence-electron chi connectivity index (χ1n) is 5.60. The fourth-order valence-electron chi connectivity index (χ4n) is 1.79. The molecule has 1 aromatic heterocycles. The molecule has 0 aliphatic carbocycles. The Morgan fingerprint density at radius 1 is 1.41 bits per heavy atom. The maximum absolute atomic E-state index is 14.0. The summed E-state index contributed by atoms with van der Waals surface area (Å²) in [6.07, 6.45) is 3.42. The zero-order valence-electron chi connectivity index (χ0n) is 10.2. The third kappa shape index (κ3) is 2.22. The molecule has 0 aliphatic rings. The van der Waals surface area contributed by atoms with E-state index in [-0.39, 0.29) is 11.9 Å². The summed E-state index contributed by atoms with van der Waals surface area (Å²) < 4.78 is 15.8. The maximum atomic E-state index is 14.0. The minimum atomic E-state index is -0.231. The van der Waals surface area contributed by atoms with Crippen LogP contribution < -0.4 is 5.32 Å². The molecule has 0 radical (unpaired) electrons. The summed E-state index contributed by atoms with van der Waals surface area (Å²) >= 11 is 0. The number of nitrogens with zero attached hydrogens (tertiary/aromatic N) is 2. The molecular formula is C13H16FN3. The molecule has 1 aromatic carbocycles. The zero-order chi connectivity index (χ0) is 12.4. The van der Waals surface area contributed by atoms with Gasteiger partial charge < -0.3 is 9.88 Å². The van der Waals surface area contributed by atoms with E-state index >= 15 is 0 Å². The molecular weight excluding hydrogens is 217 g/mol. The van der Waals surface area contributed by atoms with Crippen molar-refractivity contribution in [1.29, 1.82) is 0 Å². The van der Waals surface area contributed by atoms with Gasteiger partial charge >= 0.3 is 0 Å². The van der Waals surface area contributed by atoms with E-state index in [0.717, 1.165) is 11.4 Å². The minimum Gasteiger partial charge on any atom is -0.313 e. The van der Waals surface area contributed by atoms with Gasteiger partial charge in [0.05, 0.1) is 5.69 Å². The first kappa shape index (κ1) is 11.8. The highest BCUT2D eigenvalue weighted by molar-refractivity contribution is 5.38. The van der Waals surface area contributed by atoms with Gasteiger partial charge in [-0.25, -0.2) is 9.37 Å². The van der Waals surface area contributed by atoms with Crippen LogP contribution in [0.3, 0.4) is 0 Å². The Balaban J connectivity index is 2.42. The van der Waals surface area contributed by atoms with Crippen LogP contribution in [0.2, 0.25) is 0 Å². The molecule has 0 saturated carbocycles. The first-order chi connectivity index (χ1) is 8.13. The lowest BCUT2D eigenvalue weighted by Crippen LogP contribution is -2.13. The predicted molar refractivity (Wildman–Crippen MR) is 65.7 cm³/mol. The number of halogens is 1. The zero-order valence-corrected chi connectivity index (χ0v) is 10.2. The predicted octanol–water partition coefficient (Wildman–Crippen LogP) is 2.60. The number of hydrogen-bond acceptors (Lipinski definition) is 2. The maximum Gasteiger partial charge on any atom is 0.147 e. The fraction of sp³-hybridized carbons (Fsp3) is 0.308. The van der Waals surface area contributed by atoms with Gasteiger partial charge in [0.15, 0.2) is 0 Å². The fourth-order valence-corrected chi connectivity index (χ4v) is 1.79. The van der Waals surface area contributed by atoms with E-state index in [1.165, 1.54) is 0 Å². The highest BCUT2D eigenvalue weighted by Crippen LogP contribution is 2.20. The summed E-state index contributed by atoms with van der Waals surface area (Å²) in [5, 5.41) is 3.09. The van der Waals surface area contributed by atoms with E-state index in [0.29, 0.717) is 5.69 Å². The number of nitrogens with one attached hydrogen (secondary N) is 1. The van der Waals surface area contributed by atoms with Gasteiger partial charge in [-0.3, -0.25) is 0 Å². The van der Waals surface area contributed by atoms with Crippen molar-refractivity contribution in [3.8, 4) is 5.69 Å². The van der Waals surface area contributed by atoms with Gasteiger partial charge in [0, 0.05) is 18.4 Å². The molecule has 2 rings (SSSR count). The van der Waals surface area contributed by atoms with Crippen molar-refractivity contribution < 1.29 is 4.39 Å². The lowest BCUT2D eigenvalue weighted by atomic mass is 10.1. The number of benzene rings is 1. The van der Waals surface area contributed by atoms with Crippen LogP contribution in [0.5, 0.6) is 0 Å². The van der Waals surface area contributed by atoms with Crippen molar-refractivity contribution >= 4 is 0 Å². The Labute approximate surface area is 100 Å². The molecule has 1 unspecified atom stereocenters. The van der Waals surface area contributed by atoms with Crippen molar-refractivity contribution in [3.05, 3.63) is 47.8 Å². The average molecular weight is 233 g/mol. The number of aromatic nitrogens is 2. The van der Waals surface area contributed by atoms with E-state index in [9.17, 15) is 4.39 Å². The van der Waals surface area contributed by atoms with E-state index in [1.807, 2.05) is 27.0 Å². The molecule has 4 heteroatoms. The van der Waals surface area contributed by atoms with Crippen LogP contribution >= 0.6 is 0 Å². The van der Waals surface area contributed by atoms with Gasteiger partial charge in [-0.15, -0.1) is 0 Å².